The molecular formula is C13H15NO4. The average molecular weight is 249 g/mol. The highest BCUT2D eigenvalue weighted by Gasteiger charge is 2.13. The SMILES string of the molecule is CCOC(=O)/C=C(/C)Nc1ccc2c(c1)OCO2. The third-order valence-electron chi connectivity index (χ3n) is 2.34. The topological polar surface area (TPSA) is 56.8 Å². The van der Waals surface area contributed by atoms with Crippen LogP contribution in [0.5, 0.6) is 11.5 Å². The molecule has 1 aromatic carbocycles. The Morgan fingerprint density at radius 3 is 3.00 bits per heavy atom. The van der Waals surface area contributed by atoms with E-state index in [1.54, 1.807) is 13.8 Å². The standard InChI is InChI=1S/C13H15NO4/c1-3-16-13(15)6-9(2)14-10-4-5-11-12(7-10)18-8-17-11/h4-7,14H,3,8H2,1-2H3/b9-6-. The van der Waals surface area contributed by atoms with Crippen LogP contribution in [0.4, 0.5) is 5.69 Å². The maximum absolute atomic E-state index is 11.2. The van der Waals surface area contributed by atoms with E-state index >= 15 is 0 Å². The molecule has 2 rings (SSSR count). The highest BCUT2D eigenvalue weighted by Crippen LogP contribution is 2.34. The molecule has 1 heterocycles. The van der Waals surface area contributed by atoms with E-state index in [9.17, 15) is 4.79 Å². The zero-order valence-corrected chi connectivity index (χ0v) is 10.4. The van der Waals surface area contributed by atoms with E-state index in [4.69, 9.17) is 14.2 Å². The van der Waals surface area contributed by atoms with Gasteiger partial charge in [-0.25, -0.2) is 4.79 Å². The predicted molar refractivity (Wildman–Crippen MR) is 66.6 cm³/mol. The first kappa shape index (κ1) is 12.3. The van der Waals surface area contributed by atoms with Crippen LogP contribution < -0.4 is 14.8 Å². The lowest BCUT2D eigenvalue weighted by molar-refractivity contribution is -0.137. The molecule has 0 saturated carbocycles. The lowest BCUT2D eigenvalue weighted by Crippen LogP contribution is -2.04. The van der Waals surface area contributed by atoms with Crippen molar-refractivity contribution in [2.45, 2.75) is 13.8 Å². The minimum atomic E-state index is -0.358. The fourth-order valence-electron chi connectivity index (χ4n) is 1.60. The van der Waals surface area contributed by atoms with Crippen LogP contribution in [0.15, 0.2) is 30.0 Å². The third-order valence-corrected chi connectivity index (χ3v) is 2.34. The third kappa shape index (κ3) is 2.94. The molecule has 18 heavy (non-hydrogen) atoms. The van der Waals surface area contributed by atoms with Crippen LogP contribution in [0, 0.1) is 0 Å². The van der Waals surface area contributed by atoms with Gasteiger partial charge in [0, 0.05) is 23.5 Å². The lowest BCUT2D eigenvalue weighted by atomic mass is 10.2. The number of allylic oxidation sites excluding steroid dienone is 1. The summed E-state index contributed by atoms with van der Waals surface area (Å²) in [7, 11) is 0. The second kappa shape index (κ2) is 5.44. The number of ether oxygens (including phenoxy) is 3. The molecule has 5 nitrogen and oxygen atoms in total. The van der Waals surface area contributed by atoms with E-state index in [0.29, 0.717) is 18.1 Å². The van der Waals surface area contributed by atoms with Crippen molar-refractivity contribution in [1.82, 2.24) is 0 Å². The van der Waals surface area contributed by atoms with Crippen LogP contribution in [0.2, 0.25) is 0 Å². The van der Waals surface area contributed by atoms with E-state index in [2.05, 4.69) is 5.32 Å². The number of anilines is 1. The highest BCUT2D eigenvalue weighted by molar-refractivity contribution is 5.83. The number of carbonyl (C=O) groups is 1. The normalized spacial score (nSPS) is 13.3. The molecule has 0 bridgehead atoms. The fourth-order valence-corrected chi connectivity index (χ4v) is 1.60. The Balaban J connectivity index is 2.03. The number of nitrogens with one attached hydrogen (secondary N) is 1. The number of esters is 1. The van der Waals surface area contributed by atoms with Crippen molar-refractivity contribution in [1.29, 1.82) is 0 Å². The molecule has 0 atom stereocenters. The van der Waals surface area contributed by atoms with Crippen molar-refractivity contribution >= 4 is 11.7 Å². The summed E-state index contributed by atoms with van der Waals surface area (Å²) < 4.78 is 15.3. The summed E-state index contributed by atoms with van der Waals surface area (Å²) in [6.45, 7) is 4.18. The number of hydrogen-bond donors (Lipinski definition) is 1. The second-order valence-corrected chi connectivity index (χ2v) is 3.77. The quantitative estimate of drug-likeness (QED) is 0.655. The van der Waals surface area contributed by atoms with Crippen molar-refractivity contribution in [3.05, 3.63) is 30.0 Å². The Kier molecular flexibility index (Phi) is 3.72. The molecule has 0 unspecified atom stereocenters. The van der Waals surface area contributed by atoms with Gasteiger partial charge in [0.2, 0.25) is 6.79 Å². The largest absolute Gasteiger partial charge is 0.463 e. The van der Waals surface area contributed by atoms with E-state index in [0.717, 1.165) is 11.4 Å². The molecule has 0 aliphatic carbocycles. The molecule has 0 fully saturated rings. The Bertz CT molecular complexity index is 482. The lowest BCUT2D eigenvalue weighted by Gasteiger charge is -2.07. The average Bonchev–Trinajstić information content (AvgIpc) is 2.76. The van der Waals surface area contributed by atoms with Gasteiger partial charge in [0.05, 0.1) is 6.61 Å². The van der Waals surface area contributed by atoms with Gasteiger partial charge in [-0.15, -0.1) is 0 Å². The molecule has 1 aliphatic rings. The second-order valence-electron chi connectivity index (χ2n) is 3.77. The number of hydrogen-bond acceptors (Lipinski definition) is 5. The van der Waals surface area contributed by atoms with Crippen molar-refractivity contribution < 1.29 is 19.0 Å². The zero-order valence-electron chi connectivity index (χ0n) is 10.4. The molecule has 5 heteroatoms. The molecule has 1 aromatic rings. The Morgan fingerprint density at radius 2 is 2.22 bits per heavy atom. The molecule has 0 radical (unpaired) electrons. The summed E-state index contributed by atoms with van der Waals surface area (Å²) in [5.41, 5.74) is 1.53. The van der Waals surface area contributed by atoms with Crippen molar-refractivity contribution in [2.75, 3.05) is 18.7 Å². The smallest absolute Gasteiger partial charge is 0.332 e. The molecule has 96 valence electrons. The first-order chi connectivity index (χ1) is 8.69. The summed E-state index contributed by atoms with van der Waals surface area (Å²) in [5, 5.41) is 3.09. The van der Waals surface area contributed by atoms with Gasteiger partial charge >= 0.3 is 5.97 Å². The van der Waals surface area contributed by atoms with E-state index < -0.39 is 0 Å². The molecule has 0 aromatic heterocycles. The number of fused-ring (bicyclic) bond motifs is 1. The summed E-state index contributed by atoms with van der Waals surface area (Å²) in [4.78, 5) is 11.2. The van der Waals surface area contributed by atoms with Gasteiger partial charge in [0.15, 0.2) is 11.5 Å². The zero-order chi connectivity index (χ0) is 13.0. The summed E-state index contributed by atoms with van der Waals surface area (Å²) in [5.74, 6) is 1.07. The molecule has 0 amide bonds. The van der Waals surface area contributed by atoms with Gasteiger partial charge < -0.3 is 19.5 Å². The molecule has 0 saturated heterocycles. The minimum absolute atomic E-state index is 0.246. The number of carbonyl (C=O) groups excluding carboxylic acids is 1. The Hall–Kier alpha value is -2.17. The predicted octanol–water partition coefficient (Wildman–Crippen LogP) is 2.29. The monoisotopic (exact) mass is 249 g/mol. The van der Waals surface area contributed by atoms with Crippen LogP contribution in [0.25, 0.3) is 0 Å². The van der Waals surface area contributed by atoms with Crippen LogP contribution in [-0.2, 0) is 9.53 Å². The van der Waals surface area contributed by atoms with Gasteiger partial charge in [-0.05, 0) is 26.0 Å². The molecule has 1 aliphatic heterocycles. The van der Waals surface area contributed by atoms with Crippen molar-refractivity contribution in [3.8, 4) is 11.5 Å². The van der Waals surface area contributed by atoms with Gasteiger partial charge in [-0.1, -0.05) is 0 Å². The summed E-state index contributed by atoms with van der Waals surface area (Å²) in [6, 6.07) is 5.50. The maximum Gasteiger partial charge on any atom is 0.332 e. The van der Waals surface area contributed by atoms with Gasteiger partial charge in [-0.3, -0.25) is 0 Å². The number of benzene rings is 1. The van der Waals surface area contributed by atoms with Crippen LogP contribution in [0.1, 0.15) is 13.8 Å². The van der Waals surface area contributed by atoms with E-state index in [-0.39, 0.29) is 12.8 Å². The van der Waals surface area contributed by atoms with E-state index in [1.807, 2.05) is 18.2 Å². The van der Waals surface area contributed by atoms with Crippen molar-refractivity contribution in [2.24, 2.45) is 0 Å². The van der Waals surface area contributed by atoms with Crippen LogP contribution in [0.3, 0.4) is 0 Å². The molecule has 0 spiro atoms. The maximum atomic E-state index is 11.2. The van der Waals surface area contributed by atoms with Gasteiger partial charge in [-0.2, -0.15) is 0 Å². The first-order valence-electron chi connectivity index (χ1n) is 5.71. The highest BCUT2D eigenvalue weighted by atomic mass is 16.7. The van der Waals surface area contributed by atoms with Gasteiger partial charge in [0.1, 0.15) is 0 Å². The van der Waals surface area contributed by atoms with Crippen LogP contribution >= 0.6 is 0 Å². The molecular weight excluding hydrogens is 234 g/mol. The Labute approximate surface area is 105 Å². The number of rotatable bonds is 4. The minimum Gasteiger partial charge on any atom is -0.463 e. The van der Waals surface area contributed by atoms with E-state index in [1.165, 1.54) is 6.08 Å². The van der Waals surface area contributed by atoms with Crippen molar-refractivity contribution in [3.63, 3.8) is 0 Å². The Morgan fingerprint density at radius 1 is 1.44 bits per heavy atom. The fraction of sp³-hybridized carbons (Fsp3) is 0.308. The van der Waals surface area contributed by atoms with Gasteiger partial charge in [0.25, 0.3) is 0 Å². The first-order valence-corrected chi connectivity index (χ1v) is 5.71. The summed E-state index contributed by atoms with van der Waals surface area (Å²) in [6.07, 6.45) is 1.41. The van der Waals surface area contributed by atoms with Crippen LogP contribution in [-0.4, -0.2) is 19.4 Å². The molecule has 1 N–H and O–H groups in total. The summed E-state index contributed by atoms with van der Waals surface area (Å²) >= 11 is 0.